The fourth-order valence-electron chi connectivity index (χ4n) is 3.44. The lowest BCUT2D eigenvalue weighted by atomic mass is 9.92. The Morgan fingerprint density at radius 2 is 1.88 bits per heavy atom. The predicted molar refractivity (Wildman–Crippen MR) is 96.2 cm³/mol. The number of piperazine rings is 1. The van der Waals surface area contributed by atoms with Crippen LogP contribution in [0.4, 0.5) is 5.82 Å². The van der Waals surface area contributed by atoms with Crippen LogP contribution in [0.2, 0.25) is 0 Å². The fourth-order valence-corrected chi connectivity index (χ4v) is 5.31. The summed E-state index contributed by atoms with van der Waals surface area (Å²) < 4.78 is 24.0. The van der Waals surface area contributed by atoms with E-state index in [0.717, 1.165) is 50.5 Å². The molecule has 134 valence electrons. The summed E-state index contributed by atoms with van der Waals surface area (Å²) in [5.41, 5.74) is 1.06. The molecule has 0 aliphatic carbocycles. The molecule has 2 aliphatic heterocycles. The number of aromatic nitrogens is 2. The van der Waals surface area contributed by atoms with E-state index in [1.54, 1.807) is 6.33 Å². The molecular formula is C17H28N4O2S. The molecule has 0 radical (unpaired) electrons. The summed E-state index contributed by atoms with van der Waals surface area (Å²) in [4.78, 5) is 13.4. The SMILES string of the molecule is CC(C)(C)c1cc(N2CCN(CC3CCCS3(=O)=O)CC2)ncn1. The van der Waals surface area contributed by atoms with Gasteiger partial charge in [-0.05, 0) is 12.8 Å². The van der Waals surface area contributed by atoms with Crippen molar-refractivity contribution in [3.8, 4) is 0 Å². The van der Waals surface area contributed by atoms with Crippen molar-refractivity contribution in [1.29, 1.82) is 0 Å². The average Bonchev–Trinajstić information content (AvgIpc) is 2.86. The standard InChI is InChI=1S/C17H28N4O2S/c1-17(2,3)15-11-16(19-13-18-15)21-8-6-20(7-9-21)12-14-5-4-10-24(14,22)23/h11,13-14H,4-10,12H2,1-3H3. The van der Waals surface area contributed by atoms with E-state index in [1.165, 1.54) is 0 Å². The van der Waals surface area contributed by atoms with E-state index in [9.17, 15) is 8.42 Å². The molecule has 0 bridgehead atoms. The van der Waals surface area contributed by atoms with Crippen molar-refractivity contribution < 1.29 is 8.42 Å². The summed E-state index contributed by atoms with van der Waals surface area (Å²) in [7, 11) is -2.85. The van der Waals surface area contributed by atoms with Crippen molar-refractivity contribution in [3.05, 3.63) is 18.1 Å². The second-order valence-corrected chi connectivity index (χ2v) is 10.3. The number of hydrogen-bond donors (Lipinski definition) is 0. The third kappa shape index (κ3) is 3.88. The van der Waals surface area contributed by atoms with Crippen LogP contribution in [0.1, 0.15) is 39.3 Å². The highest BCUT2D eigenvalue weighted by atomic mass is 32.2. The molecule has 2 aliphatic rings. The van der Waals surface area contributed by atoms with Crippen LogP contribution in [0.5, 0.6) is 0 Å². The maximum atomic E-state index is 12.0. The van der Waals surface area contributed by atoms with Crippen molar-refractivity contribution >= 4 is 15.7 Å². The van der Waals surface area contributed by atoms with E-state index in [4.69, 9.17) is 0 Å². The molecule has 2 fully saturated rings. The van der Waals surface area contributed by atoms with Crippen molar-refractivity contribution in [2.45, 2.75) is 44.3 Å². The number of anilines is 1. The molecule has 6 nitrogen and oxygen atoms in total. The van der Waals surface area contributed by atoms with E-state index in [-0.39, 0.29) is 10.7 Å². The van der Waals surface area contributed by atoms with Gasteiger partial charge in [-0.1, -0.05) is 20.8 Å². The summed E-state index contributed by atoms with van der Waals surface area (Å²) in [5.74, 6) is 1.34. The molecular weight excluding hydrogens is 324 g/mol. The first kappa shape index (κ1) is 17.6. The zero-order chi connectivity index (χ0) is 17.4. The number of hydrogen-bond acceptors (Lipinski definition) is 6. The van der Waals surface area contributed by atoms with Gasteiger partial charge in [0.25, 0.3) is 0 Å². The van der Waals surface area contributed by atoms with Crippen LogP contribution in [-0.4, -0.2) is 67.0 Å². The topological polar surface area (TPSA) is 66.4 Å². The summed E-state index contributed by atoms with van der Waals surface area (Å²) in [6.45, 7) is 10.7. The van der Waals surface area contributed by atoms with E-state index in [2.05, 4.69) is 46.6 Å². The van der Waals surface area contributed by atoms with Crippen LogP contribution in [0.25, 0.3) is 0 Å². The molecule has 0 amide bonds. The second-order valence-electron chi connectivity index (χ2n) is 7.93. The molecule has 1 aromatic heterocycles. The van der Waals surface area contributed by atoms with Gasteiger partial charge in [0.1, 0.15) is 12.1 Å². The smallest absolute Gasteiger partial charge is 0.154 e. The normalized spacial score (nSPS) is 25.1. The summed E-state index contributed by atoms with van der Waals surface area (Å²) in [5, 5.41) is -0.157. The Bertz CT molecular complexity index is 676. The van der Waals surface area contributed by atoms with Crippen LogP contribution in [0, 0.1) is 0 Å². The van der Waals surface area contributed by atoms with Gasteiger partial charge < -0.3 is 4.90 Å². The lowest BCUT2D eigenvalue weighted by Gasteiger charge is -2.36. The zero-order valence-corrected chi connectivity index (χ0v) is 15.7. The largest absolute Gasteiger partial charge is 0.354 e. The van der Waals surface area contributed by atoms with Gasteiger partial charge >= 0.3 is 0 Å². The molecule has 1 atom stereocenters. The van der Waals surface area contributed by atoms with Gasteiger partial charge in [-0.3, -0.25) is 4.90 Å². The molecule has 7 heteroatoms. The van der Waals surface area contributed by atoms with Gasteiger partial charge in [-0.2, -0.15) is 0 Å². The highest BCUT2D eigenvalue weighted by Crippen LogP contribution is 2.24. The number of rotatable bonds is 3. The van der Waals surface area contributed by atoms with Gasteiger partial charge in [0.2, 0.25) is 0 Å². The second kappa shape index (κ2) is 6.59. The number of sulfone groups is 1. The first-order valence-corrected chi connectivity index (χ1v) is 10.5. The van der Waals surface area contributed by atoms with Crippen LogP contribution in [0.3, 0.4) is 0 Å². The molecule has 0 aromatic carbocycles. The monoisotopic (exact) mass is 352 g/mol. The Morgan fingerprint density at radius 1 is 1.17 bits per heavy atom. The molecule has 2 saturated heterocycles. The average molecular weight is 353 g/mol. The van der Waals surface area contributed by atoms with E-state index < -0.39 is 9.84 Å². The van der Waals surface area contributed by atoms with E-state index in [0.29, 0.717) is 12.3 Å². The van der Waals surface area contributed by atoms with Gasteiger partial charge in [-0.15, -0.1) is 0 Å². The Morgan fingerprint density at radius 3 is 2.46 bits per heavy atom. The minimum Gasteiger partial charge on any atom is -0.354 e. The lowest BCUT2D eigenvalue weighted by Crippen LogP contribution is -2.49. The Balaban J connectivity index is 1.59. The first-order chi connectivity index (χ1) is 11.3. The van der Waals surface area contributed by atoms with Gasteiger partial charge in [0.15, 0.2) is 9.84 Å². The zero-order valence-electron chi connectivity index (χ0n) is 14.9. The van der Waals surface area contributed by atoms with Crippen LogP contribution >= 0.6 is 0 Å². The maximum Gasteiger partial charge on any atom is 0.154 e. The molecule has 3 rings (SSSR count). The summed E-state index contributed by atoms with van der Waals surface area (Å²) >= 11 is 0. The fraction of sp³-hybridized carbons (Fsp3) is 0.765. The van der Waals surface area contributed by atoms with Crippen molar-refractivity contribution in [3.63, 3.8) is 0 Å². The first-order valence-electron chi connectivity index (χ1n) is 8.77. The van der Waals surface area contributed by atoms with Crippen LogP contribution in [-0.2, 0) is 15.3 Å². The van der Waals surface area contributed by atoms with E-state index >= 15 is 0 Å². The Hall–Kier alpha value is -1.21. The Kier molecular flexibility index (Phi) is 4.84. The maximum absolute atomic E-state index is 12.0. The summed E-state index contributed by atoms with van der Waals surface area (Å²) in [6.07, 6.45) is 3.29. The molecule has 0 spiro atoms. The molecule has 24 heavy (non-hydrogen) atoms. The van der Waals surface area contributed by atoms with Gasteiger partial charge in [0, 0.05) is 44.2 Å². The summed E-state index contributed by atoms with van der Waals surface area (Å²) in [6, 6.07) is 2.08. The highest BCUT2D eigenvalue weighted by Gasteiger charge is 2.33. The van der Waals surface area contributed by atoms with Crippen molar-refractivity contribution in [1.82, 2.24) is 14.9 Å². The predicted octanol–water partition coefficient (Wildman–Crippen LogP) is 1.47. The lowest BCUT2D eigenvalue weighted by molar-refractivity contribution is 0.255. The van der Waals surface area contributed by atoms with Crippen molar-refractivity contribution in [2.75, 3.05) is 43.4 Å². The highest BCUT2D eigenvalue weighted by molar-refractivity contribution is 7.92. The number of nitrogens with zero attached hydrogens (tertiary/aromatic N) is 4. The van der Waals surface area contributed by atoms with Crippen molar-refractivity contribution in [2.24, 2.45) is 0 Å². The van der Waals surface area contributed by atoms with Gasteiger partial charge in [0.05, 0.1) is 16.7 Å². The Labute approximate surface area is 145 Å². The molecule has 1 aromatic rings. The molecule has 0 saturated carbocycles. The third-order valence-corrected chi connectivity index (χ3v) is 7.30. The minimum atomic E-state index is -2.85. The molecule has 1 unspecified atom stereocenters. The minimum absolute atomic E-state index is 0.0103. The molecule has 3 heterocycles. The molecule has 0 N–H and O–H groups in total. The van der Waals surface area contributed by atoms with Crippen LogP contribution < -0.4 is 4.90 Å². The van der Waals surface area contributed by atoms with Crippen LogP contribution in [0.15, 0.2) is 12.4 Å². The quantitative estimate of drug-likeness (QED) is 0.821. The van der Waals surface area contributed by atoms with Gasteiger partial charge in [-0.25, -0.2) is 18.4 Å². The third-order valence-electron chi connectivity index (χ3n) is 5.04. The van der Waals surface area contributed by atoms with E-state index in [1.807, 2.05) is 0 Å².